The molecule has 1 aliphatic heterocycles. The third kappa shape index (κ3) is 3.22. The summed E-state index contributed by atoms with van der Waals surface area (Å²) in [4.78, 5) is 27.5. The van der Waals surface area contributed by atoms with Gasteiger partial charge >= 0.3 is 0 Å². The van der Waals surface area contributed by atoms with Gasteiger partial charge in [-0.2, -0.15) is 0 Å². The second-order valence-corrected chi connectivity index (χ2v) is 5.27. The molecule has 0 bridgehead atoms. The van der Waals surface area contributed by atoms with Crippen molar-refractivity contribution in [2.45, 2.75) is 33.6 Å². The Labute approximate surface area is 109 Å². The van der Waals surface area contributed by atoms with Crippen LogP contribution in [0.4, 0.5) is 0 Å². The lowest BCUT2D eigenvalue weighted by Gasteiger charge is -2.32. The molecule has 1 unspecified atom stereocenters. The van der Waals surface area contributed by atoms with E-state index in [0.29, 0.717) is 19.6 Å². The molecule has 2 N–H and O–H groups in total. The monoisotopic (exact) mass is 255 g/mol. The average molecular weight is 255 g/mol. The van der Waals surface area contributed by atoms with E-state index in [4.69, 9.17) is 5.73 Å². The molecule has 5 nitrogen and oxygen atoms in total. The van der Waals surface area contributed by atoms with Crippen LogP contribution in [0.15, 0.2) is 0 Å². The van der Waals surface area contributed by atoms with Crippen LogP contribution in [0.5, 0.6) is 0 Å². The van der Waals surface area contributed by atoms with Gasteiger partial charge in [-0.1, -0.05) is 6.92 Å². The van der Waals surface area contributed by atoms with Gasteiger partial charge in [-0.05, 0) is 19.8 Å². The summed E-state index contributed by atoms with van der Waals surface area (Å²) in [6, 6.07) is 0. The molecule has 1 rings (SSSR count). The van der Waals surface area contributed by atoms with Crippen molar-refractivity contribution in [3.8, 4) is 0 Å². The Morgan fingerprint density at radius 1 is 1.17 bits per heavy atom. The summed E-state index contributed by atoms with van der Waals surface area (Å²) in [5.74, 6) is 0.208. The van der Waals surface area contributed by atoms with Crippen molar-refractivity contribution in [1.29, 1.82) is 0 Å². The van der Waals surface area contributed by atoms with Crippen molar-refractivity contribution >= 4 is 11.8 Å². The molecule has 1 atom stereocenters. The number of nitrogens with zero attached hydrogens (tertiary/aromatic N) is 2. The summed E-state index contributed by atoms with van der Waals surface area (Å²) in [5, 5.41) is 0. The van der Waals surface area contributed by atoms with Gasteiger partial charge in [0.1, 0.15) is 0 Å². The summed E-state index contributed by atoms with van der Waals surface area (Å²) in [5.41, 5.74) is 5.26. The lowest BCUT2D eigenvalue weighted by atomic mass is 9.86. The highest BCUT2D eigenvalue weighted by atomic mass is 16.2. The first-order valence-electron chi connectivity index (χ1n) is 6.69. The molecule has 0 spiro atoms. The molecule has 1 aliphatic rings. The third-order valence-corrected chi connectivity index (χ3v) is 3.98. The van der Waals surface area contributed by atoms with Gasteiger partial charge < -0.3 is 15.5 Å². The zero-order valence-electron chi connectivity index (χ0n) is 11.7. The van der Waals surface area contributed by atoms with Crippen molar-refractivity contribution in [2.75, 3.05) is 32.7 Å². The van der Waals surface area contributed by atoms with Crippen LogP contribution >= 0.6 is 0 Å². The summed E-state index contributed by atoms with van der Waals surface area (Å²) in [7, 11) is 0. The van der Waals surface area contributed by atoms with Crippen molar-refractivity contribution in [3.63, 3.8) is 0 Å². The molecule has 0 aliphatic carbocycles. The van der Waals surface area contributed by atoms with Crippen LogP contribution in [0.2, 0.25) is 0 Å². The van der Waals surface area contributed by atoms with Gasteiger partial charge in [-0.15, -0.1) is 0 Å². The highest BCUT2D eigenvalue weighted by molar-refractivity contribution is 5.82. The van der Waals surface area contributed by atoms with E-state index in [1.54, 1.807) is 11.8 Å². The van der Waals surface area contributed by atoms with E-state index in [2.05, 4.69) is 0 Å². The first-order chi connectivity index (χ1) is 8.44. The molecule has 0 radical (unpaired) electrons. The summed E-state index contributed by atoms with van der Waals surface area (Å²) >= 11 is 0. The molecule has 0 saturated carbocycles. The average Bonchev–Trinajstić information content (AvgIpc) is 2.62. The topological polar surface area (TPSA) is 66.6 Å². The number of hydrogen-bond acceptors (Lipinski definition) is 3. The van der Waals surface area contributed by atoms with Gasteiger partial charge in [-0.3, -0.25) is 9.59 Å². The molecule has 0 aromatic rings. The molecular weight excluding hydrogens is 230 g/mol. The second-order valence-electron chi connectivity index (χ2n) is 5.27. The van der Waals surface area contributed by atoms with E-state index in [1.807, 2.05) is 18.7 Å². The van der Waals surface area contributed by atoms with Crippen LogP contribution in [0.3, 0.4) is 0 Å². The zero-order valence-corrected chi connectivity index (χ0v) is 11.7. The molecule has 18 heavy (non-hydrogen) atoms. The highest BCUT2D eigenvalue weighted by Gasteiger charge is 2.34. The highest BCUT2D eigenvalue weighted by Crippen LogP contribution is 2.23. The fourth-order valence-corrected chi connectivity index (χ4v) is 2.20. The van der Waals surface area contributed by atoms with Gasteiger partial charge in [-0.25, -0.2) is 0 Å². The fourth-order valence-electron chi connectivity index (χ4n) is 2.20. The van der Waals surface area contributed by atoms with E-state index < -0.39 is 5.41 Å². The van der Waals surface area contributed by atoms with E-state index >= 15 is 0 Å². The Balaban J connectivity index is 2.68. The minimum Gasteiger partial charge on any atom is -0.341 e. The number of nitrogens with two attached hydrogens (primary N) is 1. The smallest absolute Gasteiger partial charge is 0.229 e. The molecular formula is C13H25N3O2. The van der Waals surface area contributed by atoms with Crippen molar-refractivity contribution < 1.29 is 9.59 Å². The lowest BCUT2D eigenvalue weighted by Crippen LogP contribution is -2.47. The lowest BCUT2D eigenvalue weighted by molar-refractivity contribution is -0.141. The van der Waals surface area contributed by atoms with Crippen molar-refractivity contribution in [2.24, 2.45) is 11.1 Å². The molecule has 104 valence electrons. The summed E-state index contributed by atoms with van der Waals surface area (Å²) < 4.78 is 0. The van der Waals surface area contributed by atoms with Crippen molar-refractivity contribution in [3.05, 3.63) is 0 Å². The van der Waals surface area contributed by atoms with Gasteiger partial charge in [0.2, 0.25) is 11.8 Å². The van der Waals surface area contributed by atoms with Gasteiger partial charge in [0.25, 0.3) is 0 Å². The second kappa shape index (κ2) is 6.18. The predicted octanol–water partition coefficient (Wildman–Crippen LogP) is 0.442. The maximum Gasteiger partial charge on any atom is 0.229 e. The number of amides is 2. The van der Waals surface area contributed by atoms with Gasteiger partial charge in [0.05, 0.1) is 5.41 Å². The van der Waals surface area contributed by atoms with Crippen molar-refractivity contribution in [1.82, 2.24) is 9.80 Å². The predicted molar refractivity (Wildman–Crippen MR) is 70.9 cm³/mol. The Hall–Kier alpha value is -1.10. The fraction of sp³-hybridized carbons (Fsp3) is 0.846. The first kappa shape index (κ1) is 15.0. The Bertz CT molecular complexity index is 313. The number of hydrogen-bond donors (Lipinski definition) is 1. The molecule has 1 heterocycles. The van der Waals surface area contributed by atoms with E-state index in [0.717, 1.165) is 25.9 Å². The Kier molecular flexibility index (Phi) is 5.14. The van der Waals surface area contributed by atoms with Crippen LogP contribution in [0.1, 0.15) is 33.6 Å². The van der Waals surface area contributed by atoms with Crippen LogP contribution in [0.25, 0.3) is 0 Å². The number of carbonyl (C=O) groups is 2. The molecule has 1 fully saturated rings. The van der Waals surface area contributed by atoms with E-state index in [1.165, 1.54) is 0 Å². The van der Waals surface area contributed by atoms with Crippen LogP contribution in [0, 0.1) is 5.41 Å². The first-order valence-corrected chi connectivity index (χ1v) is 6.69. The molecule has 0 aromatic carbocycles. The normalized spacial score (nSPS) is 20.2. The van der Waals surface area contributed by atoms with Gasteiger partial charge in [0.15, 0.2) is 0 Å². The quantitative estimate of drug-likeness (QED) is 0.796. The van der Waals surface area contributed by atoms with Gasteiger partial charge in [0, 0.05) is 39.6 Å². The zero-order chi connectivity index (χ0) is 13.8. The SMILES string of the molecule is CCC(C)(CN)C(=O)N1CCCN(C(C)=O)CC1. The summed E-state index contributed by atoms with van der Waals surface area (Å²) in [6.07, 6.45) is 1.59. The molecule has 0 aromatic heterocycles. The number of rotatable bonds is 3. The van der Waals surface area contributed by atoms with Crippen LogP contribution in [-0.2, 0) is 9.59 Å². The standard InChI is InChI=1S/C13H25N3O2/c1-4-13(3,10-14)12(18)16-7-5-6-15(8-9-16)11(2)17/h4-10,14H2,1-3H3. The van der Waals surface area contributed by atoms with E-state index in [-0.39, 0.29) is 11.8 Å². The third-order valence-electron chi connectivity index (χ3n) is 3.98. The molecule has 5 heteroatoms. The van der Waals surface area contributed by atoms with Crippen LogP contribution < -0.4 is 5.73 Å². The van der Waals surface area contributed by atoms with E-state index in [9.17, 15) is 9.59 Å². The minimum atomic E-state index is -0.467. The Morgan fingerprint density at radius 2 is 1.72 bits per heavy atom. The molecule has 2 amide bonds. The Morgan fingerprint density at radius 3 is 2.22 bits per heavy atom. The molecule has 1 saturated heterocycles. The maximum absolute atomic E-state index is 12.5. The largest absolute Gasteiger partial charge is 0.341 e. The minimum absolute atomic E-state index is 0.0846. The maximum atomic E-state index is 12.5. The number of carbonyl (C=O) groups excluding carboxylic acids is 2. The van der Waals surface area contributed by atoms with Crippen LogP contribution in [-0.4, -0.2) is 54.3 Å². The summed E-state index contributed by atoms with van der Waals surface area (Å²) in [6.45, 7) is 8.57.